The highest BCUT2D eigenvalue weighted by Crippen LogP contribution is 2.17. The van der Waals surface area contributed by atoms with Crippen molar-refractivity contribution in [2.45, 2.75) is 25.7 Å². The number of fused-ring (bicyclic) bond motifs is 1. The maximum Gasteiger partial charge on any atom is 0.333 e. The largest absolute Gasteiger partial charge is 0.385 e. The maximum atomic E-state index is 13.0. The van der Waals surface area contributed by atoms with E-state index in [-0.39, 0.29) is 5.91 Å². The number of carbonyl (C=O) groups excluding carboxylic acids is 1. The van der Waals surface area contributed by atoms with E-state index >= 15 is 0 Å². The highest BCUT2D eigenvalue weighted by molar-refractivity contribution is 6.04. The van der Waals surface area contributed by atoms with Crippen LogP contribution in [0.25, 0.3) is 16.6 Å². The number of nitrogens with one attached hydrogen (secondary N) is 3. The van der Waals surface area contributed by atoms with Crippen molar-refractivity contribution in [2.24, 2.45) is 0 Å². The van der Waals surface area contributed by atoms with E-state index in [9.17, 15) is 14.4 Å². The molecule has 190 valence electrons. The molecule has 5 rings (SSSR count). The fourth-order valence-corrected chi connectivity index (χ4v) is 4.79. The predicted octanol–water partition coefficient (Wildman–Crippen LogP) is 4.22. The first-order chi connectivity index (χ1) is 18.1. The third-order valence-corrected chi connectivity index (χ3v) is 6.72. The van der Waals surface area contributed by atoms with Crippen molar-refractivity contribution >= 4 is 28.2 Å². The lowest BCUT2D eigenvalue weighted by Gasteiger charge is -2.14. The van der Waals surface area contributed by atoms with Crippen LogP contribution in [0.15, 0.2) is 82.4 Å². The number of benzene rings is 3. The van der Waals surface area contributed by atoms with E-state index in [0.29, 0.717) is 27.8 Å². The summed E-state index contributed by atoms with van der Waals surface area (Å²) >= 11 is 0. The van der Waals surface area contributed by atoms with Crippen LogP contribution in [0, 0.1) is 0 Å². The Balaban J connectivity index is 1.24. The molecule has 4 aromatic rings. The Hall–Kier alpha value is -4.17. The molecular weight excluding hydrogens is 466 g/mol. The zero-order valence-corrected chi connectivity index (χ0v) is 20.7. The topological polar surface area (TPSA) is 99.2 Å². The molecule has 0 spiro atoms. The van der Waals surface area contributed by atoms with Crippen LogP contribution in [-0.2, 0) is 0 Å². The van der Waals surface area contributed by atoms with Crippen LogP contribution in [0.4, 0.5) is 11.4 Å². The van der Waals surface area contributed by atoms with E-state index in [2.05, 4.69) is 20.5 Å². The maximum absolute atomic E-state index is 13.0. The molecule has 2 heterocycles. The van der Waals surface area contributed by atoms with Crippen LogP contribution in [-0.4, -0.2) is 46.5 Å². The molecule has 0 saturated carbocycles. The molecule has 8 nitrogen and oxygen atoms in total. The average molecular weight is 498 g/mol. The van der Waals surface area contributed by atoms with Crippen LogP contribution in [0.5, 0.6) is 0 Å². The van der Waals surface area contributed by atoms with Gasteiger partial charge in [-0.1, -0.05) is 24.3 Å². The molecule has 1 aromatic heterocycles. The second kappa shape index (κ2) is 11.3. The molecule has 1 aliphatic heterocycles. The monoisotopic (exact) mass is 497 g/mol. The van der Waals surface area contributed by atoms with E-state index < -0.39 is 11.2 Å². The molecule has 0 unspecified atom stereocenters. The summed E-state index contributed by atoms with van der Waals surface area (Å²) < 4.78 is 1.05. The quantitative estimate of drug-likeness (QED) is 0.301. The lowest BCUT2D eigenvalue weighted by molar-refractivity contribution is 0.102. The molecule has 37 heavy (non-hydrogen) atoms. The fourth-order valence-electron chi connectivity index (χ4n) is 4.79. The number of nitrogens with zero attached hydrogens (tertiary/aromatic N) is 2. The molecule has 0 aliphatic carbocycles. The number of hydrogen-bond acceptors (Lipinski definition) is 5. The van der Waals surface area contributed by atoms with Crippen molar-refractivity contribution in [3.8, 4) is 5.69 Å². The predicted molar refractivity (Wildman–Crippen MR) is 148 cm³/mol. The number of amides is 1. The van der Waals surface area contributed by atoms with E-state index in [4.69, 9.17) is 0 Å². The van der Waals surface area contributed by atoms with Gasteiger partial charge in [0, 0.05) is 23.5 Å². The Labute approximate surface area is 214 Å². The molecule has 0 radical (unpaired) electrons. The number of rotatable bonds is 9. The van der Waals surface area contributed by atoms with Crippen molar-refractivity contribution < 1.29 is 4.79 Å². The van der Waals surface area contributed by atoms with Gasteiger partial charge in [-0.3, -0.25) is 9.59 Å². The minimum Gasteiger partial charge on any atom is -0.385 e. The van der Waals surface area contributed by atoms with Gasteiger partial charge < -0.3 is 20.5 Å². The Bertz CT molecular complexity index is 1520. The zero-order valence-electron chi connectivity index (χ0n) is 20.7. The van der Waals surface area contributed by atoms with Crippen LogP contribution >= 0.6 is 0 Å². The lowest BCUT2D eigenvalue weighted by atomic mass is 10.1. The molecule has 3 aromatic carbocycles. The van der Waals surface area contributed by atoms with Gasteiger partial charge in [0.1, 0.15) is 0 Å². The van der Waals surface area contributed by atoms with Crippen molar-refractivity contribution in [3.05, 3.63) is 99.2 Å². The van der Waals surface area contributed by atoms with Gasteiger partial charge >= 0.3 is 5.69 Å². The molecule has 1 fully saturated rings. The molecule has 3 N–H and O–H groups in total. The number of aromatic nitrogens is 2. The molecule has 8 heteroatoms. The second-order valence-electron chi connectivity index (χ2n) is 9.38. The van der Waals surface area contributed by atoms with Crippen molar-refractivity contribution in [1.82, 2.24) is 14.5 Å². The summed E-state index contributed by atoms with van der Waals surface area (Å²) in [6.07, 6.45) is 4.90. The van der Waals surface area contributed by atoms with Gasteiger partial charge in [0.15, 0.2) is 0 Å². The van der Waals surface area contributed by atoms with Gasteiger partial charge in [-0.2, -0.15) is 0 Å². The number of H-pyrrole nitrogens is 1. The average Bonchev–Trinajstić information content (AvgIpc) is 3.43. The summed E-state index contributed by atoms with van der Waals surface area (Å²) in [5.74, 6) is -0.324. The second-order valence-corrected chi connectivity index (χ2v) is 9.38. The Morgan fingerprint density at radius 2 is 1.65 bits per heavy atom. The van der Waals surface area contributed by atoms with Gasteiger partial charge in [0.2, 0.25) is 0 Å². The first kappa shape index (κ1) is 24.5. The van der Waals surface area contributed by atoms with Gasteiger partial charge in [-0.15, -0.1) is 0 Å². The van der Waals surface area contributed by atoms with E-state index in [1.807, 2.05) is 24.3 Å². The Morgan fingerprint density at radius 1 is 0.865 bits per heavy atom. The normalized spacial score (nSPS) is 13.6. The highest BCUT2D eigenvalue weighted by Gasteiger charge is 2.13. The van der Waals surface area contributed by atoms with Crippen LogP contribution < -0.4 is 21.9 Å². The van der Waals surface area contributed by atoms with E-state index in [1.54, 1.807) is 48.5 Å². The Kier molecular flexibility index (Phi) is 7.46. The number of aromatic amines is 1. The zero-order chi connectivity index (χ0) is 25.6. The van der Waals surface area contributed by atoms with Crippen molar-refractivity contribution in [2.75, 3.05) is 36.8 Å². The minimum atomic E-state index is -0.555. The van der Waals surface area contributed by atoms with E-state index in [0.717, 1.165) is 29.8 Å². The molecule has 1 aliphatic rings. The summed E-state index contributed by atoms with van der Waals surface area (Å²) in [6.45, 7) is 4.50. The number of anilines is 2. The number of unbranched alkanes of at least 4 members (excludes halogenated alkanes) is 1. The van der Waals surface area contributed by atoms with Crippen molar-refractivity contribution in [3.63, 3.8) is 0 Å². The first-order valence-electron chi connectivity index (χ1n) is 12.8. The van der Waals surface area contributed by atoms with E-state index in [1.165, 1.54) is 32.4 Å². The van der Waals surface area contributed by atoms with Crippen LogP contribution in [0.2, 0.25) is 0 Å². The summed E-state index contributed by atoms with van der Waals surface area (Å²) in [4.78, 5) is 43.9. The van der Waals surface area contributed by atoms with Crippen LogP contribution in [0.1, 0.15) is 36.0 Å². The standard InChI is InChI=1S/C29H31N5O3/c35-27(31-23-11-8-10-22(20-23)30-15-3-4-16-33-17-5-6-18-33)21-9-7-12-24(19-21)34-28(36)25-13-1-2-14-26(25)32-29(34)37/h1-2,7-14,19-20,30H,3-6,15-18H2,(H,31,35)(H,32,37). The number of hydrogen-bond donors (Lipinski definition) is 3. The van der Waals surface area contributed by atoms with Gasteiger partial charge in [0.25, 0.3) is 11.5 Å². The first-order valence-corrected chi connectivity index (χ1v) is 12.8. The third-order valence-electron chi connectivity index (χ3n) is 6.72. The summed E-state index contributed by atoms with van der Waals surface area (Å²) in [5, 5.41) is 6.75. The molecular formula is C29H31N5O3. The number of likely N-dealkylation sites (tertiary alicyclic amines) is 1. The molecule has 0 bridgehead atoms. The fraction of sp³-hybridized carbons (Fsp3) is 0.276. The smallest absolute Gasteiger partial charge is 0.333 e. The van der Waals surface area contributed by atoms with Crippen molar-refractivity contribution in [1.29, 1.82) is 0 Å². The van der Waals surface area contributed by atoms with Crippen LogP contribution in [0.3, 0.4) is 0 Å². The lowest BCUT2D eigenvalue weighted by Crippen LogP contribution is -2.33. The summed E-state index contributed by atoms with van der Waals surface area (Å²) in [5.41, 5.74) is 1.77. The number of carbonyl (C=O) groups is 1. The highest BCUT2D eigenvalue weighted by atomic mass is 16.2. The molecule has 1 amide bonds. The third kappa shape index (κ3) is 5.81. The van der Waals surface area contributed by atoms with Gasteiger partial charge in [-0.25, -0.2) is 9.36 Å². The summed E-state index contributed by atoms with van der Waals surface area (Å²) in [7, 11) is 0. The van der Waals surface area contributed by atoms with Gasteiger partial charge in [-0.05, 0) is 93.8 Å². The number of para-hydroxylation sites is 1. The Morgan fingerprint density at radius 3 is 2.51 bits per heavy atom. The SMILES string of the molecule is O=C(Nc1cccc(NCCCCN2CCCC2)c1)c1cccc(-n2c(=O)[nH]c3ccccc3c2=O)c1. The molecule has 1 saturated heterocycles. The van der Waals surface area contributed by atoms with Gasteiger partial charge in [0.05, 0.1) is 16.6 Å². The minimum absolute atomic E-state index is 0.324. The summed E-state index contributed by atoms with van der Waals surface area (Å²) in [6, 6.07) is 21.0. The molecule has 0 atom stereocenters.